The van der Waals surface area contributed by atoms with Gasteiger partial charge in [0.1, 0.15) is 12.4 Å². The number of hydrogen-bond donors (Lipinski definition) is 2. The van der Waals surface area contributed by atoms with Crippen LogP contribution < -0.4 is 10.5 Å². The van der Waals surface area contributed by atoms with Gasteiger partial charge in [0.2, 0.25) is 0 Å². The number of ether oxygens (including phenoxy) is 1. The van der Waals surface area contributed by atoms with Crippen LogP contribution in [0.5, 0.6) is 5.75 Å². The molecular formula is C12H15NO3. The average Bonchev–Trinajstić information content (AvgIpc) is 3.08. The molecule has 0 radical (unpaired) electrons. The Morgan fingerprint density at radius 3 is 2.44 bits per heavy atom. The van der Waals surface area contributed by atoms with Gasteiger partial charge >= 0.3 is 5.97 Å². The quantitative estimate of drug-likeness (QED) is 0.782. The van der Waals surface area contributed by atoms with Gasteiger partial charge < -0.3 is 15.6 Å². The maximum absolute atomic E-state index is 11.1. The molecule has 0 amide bonds. The van der Waals surface area contributed by atoms with Crippen molar-refractivity contribution >= 4 is 5.97 Å². The molecule has 0 unspecified atom stereocenters. The Morgan fingerprint density at radius 2 is 2.00 bits per heavy atom. The summed E-state index contributed by atoms with van der Waals surface area (Å²) in [6.45, 7) is 0.949. The van der Waals surface area contributed by atoms with Gasteiger partial charge in [0, 0.05) is 6.54 Å². The van der Waals surface area contributed by atoms with Crippen LogP contribution in [0.2, 0.25) is 0 Å². The topological polar surface area (TPSA) is 72.5 Å². The molecule has 1 aromatic carbocycles. The van der Waals surface area contributed by atoms with Gasteiger partial charge in [0.15, 0.2) is 0 Å². The molecule has 0 atom stereocenters. The van der Waals surface area contributed by atoms with E-state index in [2.05, 4.69) is 0 Å². The van der Waals surface area contributed by atoms with Gasteiger partial charge in [-0.1, -0.05) is 12.1 Å². The van der Waals surface area contributed by atoms with Gasteiger partial charge in [-0.2, -0.15) is 0 Å². The number of carbonyl (C=O) groups is 1. The molecule has 3 N–H and O–H groups in total. The fourth-order valence-corrected chi connectivity index (χ4v) is 1.80. The fourth-order valence-electron chi connectivity index (χ4n) is 1.80. The lowest BCUT2D eigenvalue weighted by Crippen LogP contribution is -2.19. The first-order chi connectivity index (χ1) is 7.69. The smallest absolute Gasteiger partial charge is 0.314 e. The highest BCUT2D eigenvalue weighted by Crippen LogP contribution is 2.48. The molecule has 1 fully saturated rings. The molecule has 0 aromatic heterocycles. The van der Waals surface area contributed by atoms with Crippen LogP contribution in [0, 0.1) is 0 Å². The molecule has 1 aliphatic carbocycles. The summed E-state index contributed by atoms with van der Waals surface area (Å²) < 4.78 is 5.33. The van der Waals surface area contributed by atoms with E-state index in [0.29, 0.717) is 13.2 Å². The second kappa shape index (κ2) is 4.14. The highest BCUT2D eigenvalue weighted by atomic mass is 16.5. The zero-order valence-electron chi connectivity index (χ0n) is 8.98. The van der Waals surface area contributed by atoms with Crippen molar-refractivity contribution in [1.82, 2.24) is 0 Å². The minimum atomic E-state index is -0.733. The molecule has 86 valence electrons. The second-order valence-corrected chi connectivity index (χ2v) is 4.05. The summed E-state index contributed by atoms with van der Waals surface area (Å²) >= 11 is 0. The molecule has 1 aromatic rings. The van der Waals surface area contributed by atoms with E-state index in [9.17, 15) is 4.79 Å². The zero-order valence-corrected chi connectivity index (χ0v) is 8.98. The molecule has 2 rings (SSSR count). The van der Waals surface area contributed by atoms with E-state index < -0.39 is 11.4 Å². The van der Waals surface area contributed by atoms with E-state index in [0.717, 1.165) is 24.2 Å². The summed E-state index contributed by atoms with van der Waals surface area (Å²) in [4.78, 5) is 11.1. The summed E-state index contributed by atoms with van der Waals surface area (Å²) in [6.07, 6.45) is 1.46. The van der Waals surface area contributed by atoms with Gasteiger partial charge in [0.25, 0.3) is 0 Å². The minimum absolute atomic E-state index is 0.473. The summed E-state index contributed by atoms with van der Waals surface area (Å²) in [7, 11) is 0. The third kappa shape index (κ3) is 1.88. The Morgan fingerprint density at radius 1 is 1.38 bits per heavy atom. The van der Waals surface area contributed by atoms with Crippen LogP contribution >= 0.6 is 0 Å². The number of nitrogens with two attached hydrogens (primary N) is 1. The van der Waals surface area contributed by atoms with Crippen molar-refractivity contribution in [3.05, 3.63) is 29.8 Å². The van der Waals surface area contributed by atoms with Gasteiger partial charge in [-0.05, 0) is 30.5 Å². The van der Waals surface area contributed by atoms with E-state index in [1.165, 1.54) is 0 Å². The van der Waals surface area contributed by atoms with Crippen molar-refractivity contribution < 1.29 is 14.6 Å². The third-order valence-corrected chi connectivity index (χ3v) is 2.95. The van der Waals surface area contributed by atoms with Crippen LogP contribution in [0.25, 0.3) is 0 Å². The highest BCUT2D eigenvalue weighted by Gasteiger charge is 2.51. The number of carboxylic acid groups (broad SMARTS) is 1. The summed E-state index contributed by atoms with van der Waals surface area (Å²) in [5, 5.41) is 9.12. The van der Waals surface area contributed by atoms with Gasteiger partial charge in [0.05, 0.1) is 5.41 Å². The SMILES string of the molecule is NCCOc1ccc(C2(C(=O)O)CC2)cc1. The Kier molecular flexibility index (Phi) is 2.83. The largest absolute Gasteiger partial charge is 0.492 e. The van der Waals surface area contributed by atoms with E-state index in [1.54, 1.807) is 12.1 Å². The first kappa shape index (κ1) is 11.0. The Hall–Kier alpha value is -1.55. The summed E-state index contributed by atoms with van der Waals surface area (Å²) in [5.74, 6) is -0.00137. The van der Waals surface area contributed by atoms with Crippen LogP contribution in [0.15, 0.2) is 24.3 Å². The normalized spacial score (nSPS) is 16.8. The molecule has 0 aliphatic heterocycles. The molecule has 4 heteroatoms. The first-order valence-electron chi connectivity index (χ1n) is 5.36. The lowest BCUT2D eigenvalue weighted by Gasteiger charge is -2.11. The van der Waals surface area contributed by atoms with Crippen molar-refractivity contribution in [2.45, 2.75) is 18.3 Å². The number of aliphatic carboxylic acids is 1. The van der Waals surface area contributed by atoms with Crippen molar-refractivity contribution in [1.29, 1.82) is 0 Å². The Balaban J connectivity index is 2.11. The van der Waals surface area contributed by atoms with E-state index in [-0.39, 0.29) is 0 Å². The second-order valence-electron chi connectivity index (χ2n) is 4.05. The minimum Gasteiger partial charge on any atom is -0.492 e. The van der Waals surface area contributed by atoms with Crippen molar-refractivity contribution in [3.63, 3.8) is 0 Å². The van der Waals surface area contributed by atoms with E-state index in [4.69, 9.17) is 15.6 Å². The molecule has 0 heterocycles. The van der Waals surface area contributed by atoms with Gasteiger partial charge in [-0.3, -0.25) is 4.79 Å². The fraction of sp³-hybridized carbons (Fsp3) is 0.417. The van der Waals surface area contributed by atoms with Crippen LogP contribution in [0.3, 0.4) is 0 Å². The maximum atomic E-state index is 11.1. The van der Waals surface area contributed by atoms with Crippen LogP contribution in [-0.2, 0) is 10.2 Å². The van der Waals surface area contributed by atoms with Crippen LogP contribution in [0.4, 0.5) is 0 Å². The molecule has 0 spiro atoms. The molecule has 16 heavy (non-hydrogen) atoms. The predicted molar refractivity (Wildman–Crippen MR) is 59.5 cm³/mol. The van der Waals surface area contributed by atoms with E-state index in [1.807, 2.05) is 12.1 Å². The third-order valence-electron chi connectivity index (χ3n) is 2.95. The first-order valence-corrected chi connectivity index (χ1v) is 5.36. The highest BCUT2D eigenvalue weighted by molar-refractivity contribution is 5.84. The molecule has 1 aliphatic rings. The van der Waals surface area contributed by atoms with Crippen LogP contribution in [-0.4, -0.2) is 24.2 Å². The summed E-state index contributed by atoms with van der Waals surface area (Å²) in [5.41, 5.74) is 5.55. The number of hydrogen-bond acceptors (Lipinski definition) is 3. The predicted octanol–water partition coefficient (Wildman–Crippen LogP) is 1.14. The standard InChI is InChI=1S/C12H15NO3/c13-7-8-16-10-3-1-9(2-4-10)12(5-6-12)11(14)15/h1-4H,5-8,13H2,(H,14,15). The number of carboxylic acids is 1. The average molecular weight is 221 g/mol. The molecular weight excluding hydrogens is 206 g/mol. The molecule has 0 bridgehead atoms. The Labute approximate surface area is 94.0 Å². The Bertz CT molecular complexity index is 382. The lowest BCUT2D eigenvalue weighted by molar-refractivity contribution is -0.140. The maximum Gasteiger partial charge on any atom is 0.314 e. The van der Waals surface area contributed by atoms with Crippen molar-refractivity contribution in [2.24, 2.45) is 5.73 Å². The zero-order chi connectivity index (χ0) is 11.6. The van der Waals surface area contributed by atoms with Crippen molar-refractivity contribution in [3.8, 4) is 5.75 Å². The monoisotopic (exact) mass is 221 g/mol. The molecule has 4 nitrogen and oxygen atoms in total. The number of benzene rings is 1. The summed E-state index contributed by atoms with van der Waals surface area (Å²) in [6, 6.07) is 7.25. The number of rotatable bonds is 5. The van der Waals surface area contributed by atoms with Gasteiger partial charge in [-0.15, -0.1) is 0 Å². The van der Waals surface area contributed by atoms with Crippen molar-refractivity contribution in [2.75, 3.05) is 13.2 Å². The van der Waals surface area contributed by atoms with E-state index >= 15 is 0 Å². The lowest BCUT2D eigenvalue weighted by atomic mass is 9.96. The van der Waals surface area contributed by atoms with Crippen LogP contribution in [0.1, 0.15) is 18.4 Å². The molecule has 1 saturated carbocycles. The van der Waals surface area contributed by atoms with Gasteiger partial charge in [-0.25, -0.2) is 0 Å². The molecule has 0 saturated heterocycles.